The summed E-state index contributed by atoms with van der Waals surface area (Å²) in [7, 11) is 0. The van der Waals surface area contributed by atoms with Gasteiger partial charge in [-0.05, 0) is 70.4 Å². The largest absolute Gasteiger partial charge is 0.345 e. The fourth-order valence-electron chi connectivity index (χ4n) is 4.55. The van der Waals surface area contributed by atoms with E-state index in [1.807, 2.05) is 13.8 Å². The van der Waals surface area contributed by atoms with E-state index in [4.69, 9.17) is 11.5 Å². The van der Waals surface area contributed by atoms with Crippen molar-refractivity contribution in [2.24, 2.45) is 17.4 Å². The number of carbonyl (C=O) groups is 4. The molecule has 210 valence electrons. The molecule has 0 saturated carbocycles. The van der Waals surface area contributed by atoms with Crippen LogP contribution >= 0.6 is 0 Å². The summed E-state index contributed by atoms with van der Waals surface area (Å²) in [5.41, 5.74) is 11.1. The maximum atomic E-state index is 13.4. The number of nitrogens with zero attached hydrogens (tertiary/aromatic N) is 2. The lowest BCUT2D eigenvalue weighted by molar-refractivity contribution is -0.138. The van der Waals surface area contributed by atoms with Crippen LogP contribution in [-0.2, 0) is 19.2 Å². The Morgan fingerprint density at radius 1 is 0.892 bits per heavy atom. The molecule has 4 atom stereocenters. The van der Waals surface area contributed by atoms with Crippen molar-refractivity contribution in [3.8, 4) is 6.07 Å². The molecular formula is C26H47N7O4. The third-order valence-corrected chi connectivity index (χ3v) is 6.48. The van der Waals surface area contributed by atoms with Gasteiger partial charge in [-0.15, -0.1) is 0 Å². The normalized spacial score (nSPS) is 17.5. The highest BCUT2D eigenvalue weighted by atomic mass is 16.2. The van der Waals surface area contributed by atoms with Crippen LogP contribution in [0.2, 0.25) is 0 Å². The summed E-state index contributed by atoms with van der Waals surface area (Å²) < 4.78 is 0. The summed E-state index contributed by atoms with van der Waals surface area (Å²) >= 11 is 0. The Kier molecular flexibility index (Phi) is 15.5. The van der Waals surface area contributed by atoms with Gasteiger partial charge in [-0.2, -0.15) is 5.26 Å². The highest BCUT2D eigenvalue weighted by Crippen LogP contribution is 2.19. The van der Waals surface area contributed by atoms with Crippen LogP contribution in [0.3, 0.4) is 0 Å². The average Bonchev–Trinajstić information content (AvgIpc) is 3.32. The average molecular weight is 522 g/mol. The van der Waals surface area contributed by atoms with Crippen molar-refractivity contribution < 1.29 is 19.2 Å². The fourth-order valence-corrected chi connectivity index (χ4v) is 4.55. The second-order valence-corrected chi connectivity index (χ2v) is 10.2. The third kappa shape index (κ3) is 11.9. The van der Waals surface area contributed by atoms with Gasteiger partial charge in [-0.3, -0.25) is 19.2 Å². The lowest BCUT2D eigenvalue weighted by Gasteiger charge is -2.29. The molecule has 0 spiro atoms. The number of nitrogens with one attached hydrogen (secondary N) is 3. The summed E-state index contributed by atoms with van der Waals surface area (Å²) in [6, 6.07) is -0.751. The predicted molar refractivity (Wildman–Crippen MR) is 142 cm³/mol. The van der Waals surface area contributed by atoms with Crippen LogP contribution in [-0.4, -0.2) is 72.3 Å². The van der Waals surface area contributed by atoms with Crippen molar-refractivity contribution in [1.29, 1.82) is 5.26 Å². The van der Waals surface area contributed by atoms with Gasteiger partial charge in [0.05, 0.1) is 6.07 Å². The molecule has 1 saturated heterocycles. The zero-order valence-electron chi connectivity index (χ0n) is 22.8. The zero-order valence-corrected chi connectivity index (χ0v) is 22.8. The topological polar surface area (TPSA) is 183 Å². The highest BCUT2D eigenvalue weighted by Gasteiger charge is 2.35. The molecule has 11 nitrogen and oxygen atoms in total. The van der Waals surface area contributed by atoms with Crippen molar-refractivity contribution in [2.75, 3.05) is 19.6 Å². The quantitative estimate of drug-likeness (QED) is 0.174. The van der Waals surface area contributed by atoms with Gasteiger partial charge in [0.15, 0.2) is 0 Å². The molecule has 7 N–H and O–H groups in total. The minimum atomic E-state index is -0.872. The van der Waals surface area contributed by atoms with E-state index < -0.39 is 36.0 Å². The van der Waals surface area contributed by atoms with Gasteiger partial charge in [0, 0.05) is 13.5 Å². The second kappa shape index (κ2) is 17.7. The first kappa shape index (κ1) is 32.3. The molecule has 4 amide bonds. The summed E-state index contributed by atoms with van der Waals surface area (Å²) in [6.07, 6.45) is 6.29. The first-order chi connectivity index (χ1) is 17.6. The van der Waals surface area contributed by atoms with E-state index in [1.54, 1.807) is 4.90 Å². The number of unbranched alkanes of at least 4 members (excludes halogenated alkanes) is 3. The molecule has 1 fully saturated rings. The maximum Gasteiger partial charge on any atom is 0.246 e. The molecular weight excluding hydrogens is 474 g/mol. The number of hydrogen-bond donors (Lipinski definition) is 5. The van der Waals surface area contributed by atoms with Gasteiger partial charge >= 0.3 is 0 Å². The van der Waals surface area contributed by atoms with Gasteiger partial charge in [0.2, 0.25) is 23.6 Å². The highest BCUT2D eigenvalue weighted by molar-refractivity contribution is 5.94. The molecule has 0 aromatic carbocycles. The number of nitriles is 1. The van der Waals surface area contributed by atoms with Gasteiger partial charge in [-0.1, -0.05) is 26.7 Å². The summed E-state index contributed by atoms with van der Waals surface area (Å²) in [4.78, 5) is 53.0. The molecule has 0 bridgehead atoms. The SMILES string of the molecule is CC(=O)N[C@@H](CCCCN)C(=O)N[C@@H](CC(C)C)C(=O)N[C@@H](CCCCCN)C(=O)N1CCCC1C#N. The lowest BCUT2D eigenvalue weighted by atomic mass is 10.0. The molecule has 0 aliphatic carbocycles. The van der Waals surface area contributed by atoms with Crippen LogP contribution in [0.4, 0.5) is 0 Å². The molecule has 1 heterocycles. The zero-order chi connectivity index (χ0) is 27.8. The monoisotopic (exact) mass is 521 g/mol. The lowest BCUT2D eigenvalue weighted by Crippen LogP contribution is -2.57. The Balaban J connectivity index is 3.02. The molecule has 11 heteroatoms. The summed E-state index contributed by atoms with van der Waals surface area (Å²) in [5, 5.41) is 17.8. The number of rotatable bonds is 17. The minimum absolute atomic E-state index is 0.0905. The first-order valence-corrected chi connectivity index (χ1v) is 13.6. The van der Waals surface area contributed by atoms with Gasteiger partial charge in [0.1, 0.15) is 24.2 Å². The third-order valence-electron chi connectivity index (χ3n) is 6.48. The predicted octanol–water partition coefficient (Wildman–Crippen LogP) is 0.669. The van der Waals surface area contributed by atoms with Crippen LogP contribution in [0.15, 0.2) is 0 Å². The van der Waals surface area contributed by atoms with E-state index in [9.17, 15) is 24.4 Å². The Morgan fingerprint density at radius 3 is 2.05 bits per heavy atom. The molecule has 1 aliphatic heterocycles. The van der Waals surface area contributed by atoms with Crippen LogP contribution in [0.25, 0.3) is 0 Å². The van der Waals surface area contributed by atoms with Crippen molar-refractivity contribution >= 4 is 23.6 Å². The number of amides is 4. The summed E-state index contributed by atoms with van der Waals surface area (Å²) in [5.74, 6) is -1.40. The Labute approximate surface area is 221 Å². The van der Waals surface area contributed by atoms with E-state index in [-0.39, 0.29) is 17.7 Å². The van der Waals surface area contributed by atoms with Gasteiger partial charge < -0.3 is 32.3 Å². The number of hydrogen-bond acceptors (Lipinski definition) is 7. The molecule has 37 heavy (non-hydrogen) atoms. The summed E-state index contributed by atoms with van der Waals surface area (Å²) in [6.45, 7) is 6.75. The molecule has 1 unspecified atom stereocenters. The standard InChI is InChI=1S/C26H47N7O4/c1-18(2)16-23(32-24(35)21(30-19(3)34)11-6-8-14-28)25(36)31-22(12-5-4-7-13-27)26(37)33-15-9-10-20(33)17-29/h18,20-23H,4-16,27-28H2,1-3H3,(H,30,34)(H,31,36)(H,32,35)/t20?,21-,22-,23-/m0/s1. The van der Waals surface area contributed by atoms with E-state index in [0.29, 0.717) is 64.6 Å². The molecule has 0 aromatic heterocycles. The van der Waals surface area contributed by atoms with E-state index in [2.05, 4.69) is 22.0 Å². The van der Waals surface area contributed by atoms with Gasteiger partial charge in [-0.25, -0.2) is 0 Å². The molecule has 1 rings (SSSR count). The molecule has 1 aliphatic rings. The van der Waals surface area contributed by atoms with E-state index in [1.165, 1.54) is 6.92 Å². The van der Waals surface area contributed by atoms with Crippen LogP contribution in [0, 0.1) is 17.2 Å². The molecule has 0 aromatic rings. The van der Waals surface area contributed by atoms with Crippen molar-refractivity contribution in [2.45, 2.75) is 109 Å². The Hall–Kier alpha value is -2.71. The second-order valence-electron chi connectivity index (χ2n) is 10.2. The van der Waals surface area contributed by atoms with Crippen molar-refractivity contribution in [1.82, 2.24) is 20.9 Å². The number of nitrogens with two attached hydrogens (primary N) is 2. The minimum Gasteiger partial charge on any atom is -0.345 e. The van der Waals surface area contributed by atoms with Gasteiger partial charge in [0.25, 0.3) is 0 Å². The number of likely N-dealkylation sites (tertiary alicyclic amines) is 1. The van der Waals surface area contributed by atoms with Crippen molar-refractivity contribution in [3.05, 3.63) is 0 Å². The van der Waals surface area contributed by atoms with E-state index in [0.717, 1.165) is 19.3 Å². The van der Waals surface area contributed by atoms with Crippen LogP contribution < -0.4 is 27.4 Å². The first-order valence-electron chi connectivity index (χ1n) is 13.6. The van der Waals surface area contributed by atoms with E-state index >= 15 is 0 Å². The van der Waals surface area contributed by atoms with Crippen molar-refractivity contribution in [3.63, 3.8) is 0 Å². The maximum absolute atomic E-state index is 13.4. The number of carbonyl (C=O) groups excluding carboxylic acids is 4. The fraction of sp³-hybridized carbons (Fsp3) is 0.808. The smallest absolute Gasteiger partial charge is 0.246 e. The Bertz CT molecular complexity index is 783. The van der Waals surface area contributed by atoms with Crippen LogP contribution in [0.5, 0.6) is 0 Å². The molecule has 0 radical (unpaired) electrons. The Morgan fingerprint density at radius 2 is 1.46 bits per heavy atom. The van der Waals surface area contributed by atoms with Crippen LogP contribution in [0.1, 0.15) is 85.0 Å².